The van der Waals surface area contributed by atoms with Crippen LogP contribution < -0.4 is 4.90 Å². The lowest BCUT2D eigenvalue weighted by molar-refractivity contribution is -0.119. The van der Waals surface area contributed by atoms with Crippen LogP contribution in [-0.4, -0.2) is 27.1 Å². The number of benzene rings is 2. The maximum absolute atomic E-state index is 12.8. The van der Waals surface area contributed by atoms with Gasteiger partial charge in [0.15, 0.2) is 0 Å². The Morgan fingerprint density at radius 1 is 1.13 bits per heavy atom. The number of nitrogens with zero attached hydrogens (tertiary/aromatic N) is 3. The van der Waals surface area contributed by atoms with Gasteiger partial charge in [-0.1, -0.05) is 30.3 Å². The van der Waals surface area contributed by atoms with E-state index < -0.39 is 0 Å². The van der Waals surface area contributed by atoms with E-state index in [2.05, 4.69) is 11.1 Å². The Bertz CT molecular complexity index is 885. The van der Waals surface area contributed by atoms with Crippen molar-refractivity contribution in [1.29, 1.82) is 0 Å². The predicted molar refractivity (Wildman–Crippen MR) is 88.2 cm³/mol. The number of aliphatic hydroxyl groups is 1. The van der Waals surface area contributed by atoms with Crippen LogP contribution in [0.15, 0.2) is 48.5 Å². The van der Waals surface area contributed by atoms with Gasteiger partial charge in [-0.25, -0.2) is 4.98 Å². The smallest absolute Gasteiger partial charge is 0.247 e. The van der Waals surface area contributed by atoms with E-state index in [9.17, 15) is 9.90 Å². The standard InChI is InChI=1S/C18H17N3O2/c22-12-17-19-14-6-2-4-8-16(14)21(17)11-18(23)20-10-9-13-5-1-3-7-15(13)20/h1-8,22H,9-12H2. The van der Waals surface area contributed by atoms with Gasteiger partial charge in [0, 0.05) is 12.2 Å². The van der Waals surface area contributed by atoms with Crippen molar-refractivity contribution in [2.75, 3.05) is 11.4 Å². The molecule has 3 aromatic rings. The van der Waals surface area contributed by atoms with Gasteiger partial charge in [0.05, 0.1) is 11.0 Å². The molecule has 0 fully saturated rings. The van der Waals surface area contributed by atoms with Gasteiger partial charge in [0.25, 0.3) is 0 Å². The highest BCUT2D eigenvalue weighted by atomic mass is 16.3. The first kappa shape index (κ1) is 14.0. The second-order valence-corrected chi connectivity index (χ2v) is 5.69. The average Bonchev–Trinajstić information content (AvgIpc) is 3.16. The Kier molecular flexibility index (Phi) is 3.35. The summed E-state index contributed by atoms with van der Waals surface area (Å²) in [6, 6.07) is 15.6. The SMILES string of the molecule is O=C(Cn1c(CO)nc2ccccc21)N1CCc2ccccc21. The van der Waals surface area contributed by atoms with E-state index >= 15 is 0 Å². The fourth-order valence-corrected chi connectivity index (χ4v) is 3.24. The Labute approximate surface area is 133 Å². The van der Waals surface area contributed by atoms with Crippen molar-refractivity contribution in [2.45, 2.75) is 19.6 Å². The number of aliphatic hydroxyl groups excluding tert-OH is 1. The zero-order valence-electron chi connectivity index (χ0n) is 12.6. The van der Waals surface area contributed by atoms with Crippen LogP contribution in [0.1, 0.15) is 11.4 Å². The first-order chi connectivity index (χ1) is 11.3. The number of fused-ring (bicyclic) bond motifs is 2. The molecule has 0 radical (unpaired) electrons. The largest absolute Gasteiger partial charge is 0.388 e. The number of carbonyl (C=O) groups excluding carboxylic acids is 1. The van der Waals surface area contributed by atoms with E-state index in [4.69, 9.17) is 0 Å². The molecule has 0 aliphatic carbocycles. The number of amides is 1. The van der Waals surface area contributed by atoms with Crippen molar-refractivity contribution in [3.8, 4) is 0 Å². The first-order valence-corrected chi connectivity index (χ1v) is 7.71. The number of imidazole rings is 1. The van der Waals surface area contributed by atoms with E-state index in [1.807, 2.05) is 47.4 Å². The van der Waals surface area contributed by atoms with E-state index in [0.29, 0.717) is 12.4 Å². The Hall–Kier alpha value is -2.66. The van der Waals surface area contributed by atoms with E-state index in [1.165, 1.54) is 5.56 Å². The molecule has 23 heavy (non-hydrogen) atoms. The molecule has 0 unspecified atom stereocenters. The first-order valence-electron chi connectivity index (χ1n) is 7.71. The molecule has 0 atom stereocenters. The summed E-state index contributed by atoms with van der Waals surface area (Å²) in [5.74, 6) is 0.542. The number of hydrogen-bond donors (Lipinski definition) is 1. The molecule has 1 N–H and O–H groups in total. The Morgan fingerprint density at radius 2 is 1.91 bits per heavy atom. The molecule has 2 heterocycles. The maximum atomic E-state index is 12.8. The fourth-order valence-electron chi connectivity index (χ4n) is 3.24. The molecular weight excluding hydrogens is 290 g/mol. The highest BCUT2D eigenvalue weighted by Crippen LogP contribution is 2.28. The normalized spacial score (nSPS) is 13.5. The molecule has 116 valence electrons. The summed E-state index contributed by atoms with van der Waals surface area (Å²) in [7, 11) is 0. The summed E-state index contributed by atoms with van der Waals surface area (Å²) in [4.78, 5) is 19.0. The summed E-state index contributed by atoms with van der Waals surface area (Å²) in [5.41, 5.74) is 3.87. The third kappa shape index (κ3) is 2.29. The molecular formula is C18H17N3O2. The molecule has 0 bridgehead atoms. The second-order valence-electron chi connectivity index (χ2n) is 5.69. The second kappa shape index (κ2) is 5.52. The van der Waals surface area contributed by atoms with Crippen LogP contribution in [0.2, 0.25) is 0 Å². The van der Waals surface area contributed by atoms with Crippen LogP contribution >= 0.6 is 0 Å². The maximum Gasteiger partial charge on any atom is 0.247 e. The topological polar surface area (TPSA) is 58.4 Å². The van der Waals surface area contributed by atoms with E-state index in [0.717, 1.165) is 23.1 Å². The van der Waals surface area contributed by atoms with Crippen LogP contribution in [0.5, 0.6) is 0 Å². The number of rotatable bonds is 3. The number of para-hydroxylation sites is 3. The fraction of sp³-hybridized carbons (Fsp3) is 0.222. The summed E-state index contributed by atoms with van der Waals surface area (Å²) in [5, 5.41) is 9.55. The monoisotopic (exact) mass is 307 g/mol. The molecule has 1 aliphatic rings. The van der Waals surface area contributed by atoms with Crippen molar-refractivity contribution in [1.82, 2.24) is 9.55 Å². The van der Waals surface area contributed by atoms with Gasteiger partial charge in [-0.05, 0) is 30.2 Å². The average molecular weight is 307 g/mol. The van der Waals surface area contributed by atoms with E-state index in [1.54, 1.807) is 4.57 Å². The Morgan fingerprint density at radius 3 is 2.78 bits per heavy atom. The lowest BCUT2D eigenvalue weighted by atomic mass is 10.2. The summed E-state index contributed by atoms with van der Waals surface area (Å²) in [6.45, 7) is 0.711. The van der Waals surface area contributed by atoms with Crippen molar-refractivity contribution in [3.63, 3.8) is 0 Å². The minimum Gasteiger partial charge on any atom is -0.388 e. The molecule has 0 spiro atoms. The van der Waals surface area contributed by atoms with Crippen molar-refractivity contribution in [3.05, 3.63) is 59.9 Å². The lowest BCUT2D eigenvalue weighted by Gasteiger charge is -2.18. The van der Waals surface area contributed by atoms with Crippen molar-refractivity contribution in [2.24, 2.45) is 0 Å². The highest BCUT2D eigenvalue weighted by molar-refractivity contribution is 5.96. The van der Waals surface area contributed by atoms with Crippen LogP contribution in [0.4, 0.5) is 5.69 Å². The number of hydrogen-bond acceptors (Lipinski definition) is 3. The van der Waals surface area contributed by atoms with Crippen LogP contribution in [0, 0.1) is 0 Å². The van der Waals surface area contributed by atoms with Gasteiger partial charge in [-0.15, -0.1) is 0 Å². The highest BCUT2D eigenvalue weighted by Gasteiger charge is 2.25. The molecule has 1 aliphatic heterocycles. The van der Waals surface area contributed by atoms with Crippen LogP contribution in [0.25, 0.3) is 11.0 Å². The minimum atomic E-state index is -0.182. The molecule has 0 saturated carbocycles. The van der Waals surface area contributed by atoms with Gasteiger partial charge < -0.3 is 14.6 Å². The Balaban J connectivity index is 1.68. The third-order valence-corrected chi connectivity index (χ3v) is 4.36. The summed E-state index contributed by atoms with van der Waals surface area (Å²) in [6.07, 6.45) is 0.888. The van der Waals surface area contributed by atoms with Gasteiger partial charge in [-0.3, -0.25) is 4.79 Å². The van der Waals surface area contributed by atoms with Crippen LogP contribution in [0.3, 0.4) is 0 Å². The molecule has 0 saturated heterocycles. The molecule has 5 nitrogen and oxygen atoms in total. The molecule has 5 heteroatoms. The predicted octanol–water partition coefficient (Wildman–Crippen LogP) is 2.12. The number of carbonyl (C=O) groups is 1. The molecule has 4 rings (SSSR count). The molecule has 2 aromatic carbocycles. The van der Waals surface area contributed by atoms with Gasteiger partial charge in [0.1, 0.15) is 19.0 Å². The van der Waals surface area contributed by atoms with Crippen molar-refractivity contribution >= 4 is 22.6 Å². The van der Waals surface area contributed by atoms with Crippen molar-refractivity contribution < 1.29 is 9.90 Å². The summed E-state index contributed by atoms with van der Waals surface area (Å²) < 4.78 is 1.80. The quantitative estimate of drug-likeness (QED) is 0.806. The third-order valence-electron chi connectivity index (χ3n) is 4.36. The lowest BCUT2D eigenvalue weighted by Crippen LogP contribution is -2.32. The van der Waals surface area contributed by atoms with Gasteiger partial charge >= 0.3 is 0 Å². The van der Waals surface area contributed by atoms with E-state index in [-0.39, 0.29) is 19.1 Å². The zero-order chi connectivity index (χ0) is 15.8. The summed E-state index contributed by atoms with van der Waals surface area (Å²) >= 11 is 0. The zero-order valence-corrected chi connectivity index (χ0v) is 12.6. The molecule has 1 amide bonds. The molecule has 1 aromatic heterocycles. The van der Waals surface area contributed by atoms with Crippen LogP contribution in [-0.2, 0) is 24.4 Å². The van der Waals surface area contributed by atoms with Gasteiger partial charge in [0.2, 0.25) is 5.91 Å². The minimum absolute atomic E-state index is 0.0211. The number of aromatic nitrogens is 2. The van der Waals surface area contributed by atoms with Gasteiger partial charge in [-0.2, -0.15) is 0 Å². The number of anilines is 1.